The molecule has 0 bridgehead atoms. The van der Waals surface area contributed by atoms with E-state index in [1.165, 1.54) is 5.56 Å². The largest absolute Gasteiger partial charge is 0.330 e. The molecule has 16 heavy (non-hydrogen) atoms. The van der Waals surface area contributed by atoms with E-state index in [1.54, 1.807) is 0 Å². The number of benzene rings is 1. The van der Waals surface area contributed by atoms with E-state index in [2.05, 4.69) is 42.7 Å². The van der Waals surface area contributed by atoms with Gasteiger partial charge in [-0.2, -0.15) is 0 Å². The minimum absolute atomic E-state index is 0.395. The molecule has 1 rings (SSSR count). The molecular formula is C14H22N2. The van der Waals surface area contributed by atoms with Crippen molar-refractivity contribution in [2.45, 2.75) is 25.9 Å². The van der Waals surface area contributed by atoms with Crippen LogP contribution >= 0.6 is 0 Å². The fourth-order valence-corrected chi connectivity index (χ4v) is 1.69. The third-order valence-electron chi connectivity index (χ3n) is 2.80. The summed E-state index contributed by atoms with van der Waals surface area (Å²) in [7, 11) is 0. The zero-order valence-electron chi connectivity index (χ0n) is 10.1. The molecule has 0 spiro atoms. The maximum Gasteiger partial charge on any atom is 0.0250 e. The van der Waals surface area contributed by atoms with E-state index >= 15 is 0 Å². The van der Waals surface area contributed by atoms with Crippen molar-refractivity contribution < 1.29 is 0 Å². The molecule has 0 fully saturated rings. The Morgan fingerprint density at radius 2 is 2.06 bits per heavy atom. The smallest absolute Gasteiger partial charge is 0.0250 e. The Balaban J connectivity index is 2.59. The fraction of sp³-hybridized carbons (Fsp3) is 0.429. The van der Waals surface area contributed by atoms with Gasteiger partial charge in [0.15, 0.2) is 0 Å². The van der Waals surface area contributed by atoms with Crippen molar-refractivity contribution in [3.8, 4) is 0 Å². The zero-order valence-corrected chi connectivity index (χ0v) is 10.1. The first kappa shape index (κ1) is 12.9. The monoisotopic (exact) mass is 218 g/mol. The first-order chi connectivity index (χ1) is 7.77. The highest BCUT2D eigenvalue weighted by Crippen LogP contribution is 2.09. The van der Waals surface area contributed by atoms with Gasteiger partial charge in [0.1, 0.15) is 0 Å². The third-order valence-corrected chi connectivity index (χ3v) is 2.80. The first-order valence-electron chi connectivity index (χ1n) is 5.88. The van der Waals surface area contributed by atoms with Gasteiger partial charge in [-0.15, -0.1) is 6.58 Å². The van der Waals surface area contributed by atoms with E-state index in [9.17, 15) is 0 Å². The van der Waals surface area contributed by atoms with E-state index in [1.807, 2.05) is 12.1 Å². The molecule has 0 aliphatic rings. The fourth-order valence-electron chi connectivity index (χ4n) is 1.69. The van der Waals surface area contributed by atoms with Crippen LogP contribution in [0.25, 0.3) is 0 Å². The quantitative estimate of drug-likeness (QED) is 0.712. The number of rotatable bonds is 7. The first-order valence-corrected chi connectivity index (χ1v) is 5.88. The van der Waals surface area contributed by atoms with Crippen LogP contribution in [-0.4, -0.2) is 24.0 Å². The van der Waals surface area contributed by atoms with Crippen LogP contribution in [0, 0.1) is 0 Å². The molecule has 0 heterocycles. The molecule has 1 aromatic rings. The second kappa shape index (κ2) is 7.20. The second-order valence-corrected chi connectivity index (χ2v) is 4.07. The van der Waals surface area contributed by atoms with Gasteiger partial charge in [0.05, 0.1) is 0 Å². The van der Waals surface area contributed by atoms with Crippen molar-refractivity contribution in [1.82, 2.24) is 4.90 Å². The minimum Gasteiger partial charge on any atom is -0.330 e. The molecular weight excluding hydrogens is 196 g/mol. The van der Waals surface area contributed by atoms with Crippen molar-refractivity contribution in [2.75, 3.05) is 13.1 Å². The van der Waals surface area contributed by atoms with E-state index in [0.29, 0.717) is 6.04 Å². The minimum atomic E-state index is 0.395. The lowest BCUT2D eigenvalue weighted by Crippen LogP contribution is -2.32. The summed E-state index contributed by atoms with van der Waals surface area (Å²) in [6.07, 6.45) is 3.02. The van der Waals surface area contributed by atoms with Crippen molar-refractivity contribution in [2.24, 2.45) is 5.73 Å². The summed E-state index contributed by atoms with van der Waals surface area (Å²) in [6, 6.07) is 10.9. The van der Waals surface area contributed by atoms with Crippen LogP contribution in [0.3, 0.4) is 0 Å². The summed E-state index contributed by atoms with van der Waals surface area (Å²) < 4.78 is 0. The molecule has 0 saturated heterocycles. The van der Waals surface area contributed by atoms with Crippen molar-refractivity contribution in [3.63, 3.8) is 0 Å². The summed E-state index contributed by atoms with van der Waals surface area (Å²) in [5.41, 5.74) is 6.90. The summed E-state index contributed by atoms with van der Waals surface area (Å²) in [4.78, 5) is 2.40. The van der Waals surface area contributed by atoms with Gasteiger partial charge in [-0.1, -0.05) is 36.4 Å². The van der Waals surface area contributed by atoms with Gasteiger partial charge in [0.25, 0.3) is 0 Å². The van der Waals surface area contributed by atoms with Gasteiger partial charge in [-0.05, 0) is 25.5 Å². The van der Waals surface area contributed by atoms with Crippen molar-refractivity contribution in [3.05, 3.63) is 48.6 Å². The van der Waals surface area contributed by atoms with E-state index in [4.69, 9.17) is 5.73 Å². The SMILES string of the molecule is C=CC(C)N(CCCN)Cc1ccccc1. The van der Waals surface area contributed by atoms with Crippen molar-refractivity contribution in [1.29, 1.82) is 0 Å². The predicted molar refractivity (Wildman–Crippen MR) is 70.2 cm³/mol. The lowest BCUT2D eigenvalue weighted by atomic mass is 10.1. The van der Waals surface area contributed by atoms with Gasteiger partial charge in [-0.3, -0.25) is 4.90 Å². The Morgan fingerprint density at radius 3 is 2.62 bits per heavy atom. The van der Waals surface area contributed by atoms with Crippen LogP contribution in [0.1, 0.15) is 18.9 Å². The second-order valence-electron chi connectivity index (χ2n) is 4.07. The third kappa shape index (κ3) is 4.17. The van der Waals surface area contributed by atoms with Gasteiger partial charge < -0.3 is 5.73 Å². The van der Waals surface area contributed by atoms with Gasteiger partial charge in [-0.25, -0.2) is 0 Å². The van der Waals surface area contributed by atoms with Crippen LogP contribution in [0.15, 0.2) is 43.0 Å². The Labute approximate surface area is 98.8 Å². The molecule has 0 aromatic heterocycles. The van der Waals surface area contributed by atoms with Crippen LogP contribution in [-0.2, 0) is 6.54 Å². The van der Waals surface area contributed by atoms with E-state index in [0.717, 1.165) is 26.1 Å². The molecule has 0 aliphatic heterocycles. The lowest BCUT2D eigenvalue weighted by Gasteiger charge is -2.26. The molecule has 88 valence electrons. The van der Waals surface area contributed by atoms with Gasteiger partial charge >= 0.3 is 0 Å². The molecule has 2 N–H and O–H groups in total. The zero-order chi connectivity index (χ0) is 11.8. The molecule has 1 unspecified atom stereocenters. The molecule has 2 heteroatoms. The summed E-state index contributed by atoms with van der Waals surface area (Å²) >= 11 is 0. The average molecular weight is 218 g/mol. The standard InChI is InChI=1S/C14H22N2/c1-3-13(2)16(11-7-10-15)12-14-8-5-4-6-9-14/h3-6,8-9,13H,1,7,10-12,15H2,2H3. The van der Waals surface area contributed by atoms with Crippen molar-refractivity contribution >= 4 is 0 Å². The molecule has 0 radical (unpaired) electrons. The highest BCUT2D eigenvalue weighted by molar-refractivity contribution is 5.14. The topological polar surface area (TPSA) is 29.3 Å². The lowest BCUT2D eigenvalue weighted by molar-refractivity contribution is 0.231. The van der Waals surface area contributed by atoms with Crippen LogP contribution in [0.5, 0.6) is 0 Å². The molecule has 1 aromatic carbocycles. The molecule has 0 amide bonds. The highest BCUT2D eigenvalue weighted by Gasteiger charge is 2.10. The van der Waals surface area contributed by atoms with Gasteiger partial charge in [0.2, 0.25) is 0 Å². The average Bonchev–Trinajstić information content (AvgIpc) is 2.34. The van der Waals surface area contributed by atoms with Crippen LogP contribution in [0.4, 0.5) is 0 Å². The summed E-state index contributed by atoms with van der Waals surface area (Å²) in [6.45, 7) is 8.77. The Kier molecular flexibility index (Phi) is 5.83. The Hall–Kier alpha value is -1.12. The maximum absolute atomic E-state index is 5.56. The normalized spacial score (nSPS) is 12.7. The molecule has 0 saturated carbocycles. The number of nitrogens with two attached hydrogens (primary N) is 1. The summed E-state index contributed by atoms with van der Waals surface area (Å²) in [5, 5.41) is 0. The van der Waals surface area contributed by atoms with Gasteiger partial charge in [0, 0.05) is 19.1 Å². The molecule has 0 aliphatic carbocycles. The Morgan fingerprint density at radius 1 is 1.38 bits per heavy atom. The number of hydrogen-bond acceptors (Lipinski definition) is 2. The predicted octanol–water partition coefficient (Wildman–Crippen LogP) is 2.41. The number of nitrogens with zero attached hydrogens (tertiary/aromatic N) is 1. The van der Waals surface area contributed by atoms with E-state index in [-0.39, 0.29) is 0 Å². The molecule has 2 nitrogen and oxygen atoms in total. The number of hydrogen-bond donors (Lipinski definition) is 1. The highest BCUT2D eigenvalue weighted by atomic mass is 15.1. The summed E-state index contributed by atoms with van der Waals surface area (Å²) in [5.74, 6) is 0. The van der Waals surface area contributed by atoms with E-state index < -0.39 is 0 Å². The van der Waals surface area contributed by atoms with Crippen LogP contribution in [0.2, 0.25) is 0 Å². The molecule has 1 atom stereocenters. The van der Waals surface area contributed by atoms with Crippen LogP contribution < -0.4 is 5.73 Å². The maximum atomic E-state index is 5.56. The Bertz CT molecular complexity index is 295.